The molecule has 1 aromatic heterocycles. The second kappa shape index (κ2) is 5.92. The van der Waals surface area contributed by atoms with Crippen LogP contribution in [0.2, 0.25) is 0 Å². The van der Waals surface area contributed by atoms with Crippen LogP contribution in [0.4, 0.5) is 5.69 Å². The molecule has 1 amide bonds. The molecule has 3 fully saturated rings. The number of hydrogen-bond donors (Lipinski definition) is 1. The van der Waals surface area contributed by atoms with E-state index in [1.54, 1.807) is 6.33 Å². The van der Waals surface area contributed by atoms with Crippen LogP contribution < -0.4 is 5.32 Å². The zero-order valence-corrected chi connectivity index (χ0v) is 15.7. The number of hydrogen-bond acceptors (Lipinski definition) is 4. The first-order valence-corrected chi connectivity index (χ1v) is 10.3. The maximum atomic E-state index is 12.8. The first-order valence-electron chi connectivity index (χ1n) is 8.71. The van der Waals surface area contributed by atoms with Crippen molar-refractivity contribution in [3.63, 3.8) is 0 Å². The van der Waals surface area contributed by atoms with Gasteiger partial charge in [0.1, 0.15) is 0 Å². The Balaban J connectivity index is 1.52. The van der Waals surface area contributed by atoms with Crippen molar-refractivity contribution in [3.8, 4) is 5.69 Å². The molecule has 0 spiro atoms. The summed E-state index contributed by atoms with van der Waals surface area (Å²) in [5, 5.41) is 2.92. The number of carbonyl (C=O) groups is 1. The van der Waals surface area contributed by atoms with Crippen LogP contribution >= 0.6 is 0 Å². The average Bonchev–Trinajstić information content (AvgIpc) is 2.95. The molecule has 7 nitrogen and oxygen atoms in total. The van der Waals surface area contributed by atoms with Crippen molar-refractivity contribution < 1.29 is 13.2 Å². The molecule has 138 valence electrons. The molecule has 3 aliphatic heterocycles. The van der Waals surface area contributed by atoms with E-state index in [0.29, 0.717) is 31.6 Å². The number of fused-ring (bicyclic) bond motifs is 3. The van der Waals surface area contributed by atoms with Crippen LogP contribution in [-0.2, 0) is 14.8 Å². The Labute approximate surface area is 153 Å². The zero-order chi connectivity index (χ0) is 18.5. The van der Waals surface area contributed by atoms with E-state index in [2.05, 4.69) is 10.3 Å². The van der Waals surface area contributed by atoms with Gasteiger partial charge in [0, 0.05) is 30.2 Å². The summed E-state index contributed by atoms with van der Waals surface area (Å²) < 4.78 is 27.8. The molecular formula is C18H22N4O3S. The standard InChI is InChI=1S/C18H22N4O3S/c1-13-14(2)22(12-19-13)16-5-3-15(4-6-16)20-17(23)18-7-9-21(10-8-18)26(24,25)11-18/h3-6,12H,7-11H2,1-2H3,(H,20,23). The van der Waals surface area contributed by atoms with E-state index < -0.39 is 15.4 Å². The average molecular weight is 374 g/mol. The molecule has 3 saturated heterocycles. The van der Waals surface area contributed by atoms with Gasteiger partial charge in [0.05, 0.1) is 23.2 Å². The summed E-state index contributed by atoms with van der Waals surface area (Å²) in [7, 11) is -3.30. The zero-order valence-electron chi connectivity index (χ0n) is 14.9. The number of anilines is 1. The summed E-state index contributed by atoms with van der Waals surface area (Å²) in [5.41, 5.74) is 2.89. The molecule has 0 unspecified atom stereocenters. The minimum Gasteiger partial charge on any atom is -0.326 e. The molecule has 8 heteroatoms. The van der Waals surface area contributed by atoms with Crippen molar-refractivity contribution in [2.75, 3.05) is 24.2 Å². The number of carbonyl (C=O) groups excluding carboxylic acids is 1. The molecule has 5 rings (SSSR count). The van der Waals surface area contributed by atoms with Crippen LogP contribution in [-0.4, -0.2) is 47.0 Å². The van der Waals surface area contributed by atoms with Crippen LogP contribution in [0, 0.1) is 19.3 Å². The maximum Gasteiger partial charge on any atom is 0.231 e. The Morgan fingerprint density at radius 3 is 2.35 bits per heavy atom. The lowest BCUT2D eigenvalue weighted by atomic mass is 9.79. The number of amides is 1. The van der Waals surface area contributed by atoms with Crippen molar-refractivity contribution in [1.82, 2.24) is 13.9 Å². The summed E-state index contributed by atoms with van der Waals surface area (Å²) in [5.74, 6) is -0.278. The molecular weight excluding hydrogens is 352 g/mol. The number of sulfonamides is 1. The van der Waals surface area contributed by atoms with E-state index in [1.807, 2.05) is 42.7 Å². The van der Waals surface area contributed by atoms with E-state index in [4.69, 9.17) is 0 Å². The van der Waals surface area contributed by atoms with Gasteiger partial charge in [-0.25, -0.2) is 17.7 Å². The summed E-state index contributed by atoms with van der Waals surface area (Å²) in [6.07, 6.45) is 2.95. The number of nitrogens with one attached hydrogen (secondary N) is 1. The highest BCUT2D eigenvalue weighted by molar-refractivity contribution is 7.89. The summed E-state index contributed by atoms with van der Waals surface area (Å²) in [4.78, 5) is 17.1. The maximum absolute atomic E-state index is 12.8. The third-order valence-corrected chi connectivity index (χ3v) is 7.74. The fourth-order valence-electron chi connectivity index (χ4n) is 3.80. The second-order valence-electron chi connectivity index (χ2n) is 7.22. The normalized spacial score (nSPS) is 26.6. The van der Waals surface area contributed by atoms with Crippen molar-refractivity contribution in [2.45, 2.75) is 26.7 Å². The van der Waals surface area contributed by atoms with Gasteiger partial charge in [-0.2, -0.15) is 0 Å². The molecule has 2 bridgehead atoms. The third-order valence-electron chi connectivity index (χ3n) is 5.67. The number of rotatable bonds is 3. The van der Waals surface area contributed by atoms with Gasteiger partial charge in [0.25, 0.3) is 0 Å². The summed E-state index contributed by atoms with van der Waals surface area (Å²) in [6, 6.07) is 7.51. The van der Waals surface area contributed by atoms with Gasteiger partial charge in [-0.3, -0.25) is 4.79 Å². The highest BCUT2D eigenvalue weighted by Crippen LogP contribution is 2.41. The third kappa shape index (κ3) is 2.73. The summed E-state index contributed by atoms with van der Waals surface area (Å²) >= 11 is 0. The Bertz CT molecular complexity index is 955. The molecule has 2 aromatic rings. The quantitative estimate of drug-likeness (QED) is 0.889. The van der Waals surface area contributed by atoms with E-state index >= 15 is 0 Å². The van der Waals surface area contributed by atoms with Crippen molar-refractivity contribution >= 4 is 21.6 Å². The highest BCUT2D eigenvalue weighted by atomic mass is 32.2. The van der Waals surface area contributed by atoms with Gasteiger partial charge in [0.2, 0.25) is 15.9 Å². The Kier molecular flexibility index (Phi) is 3.92. The van der Waals surface area contributed by atoms with E-state index in [-0.39, 0.29) is 11.7 Å². The van der Waals surface area contributed by atoms with E-state index in [1.165, 1.54) is 4.31 Å². The number of aryl methyl sites for hydroxylation is 1. The molecule has 0 aliphatic carbocycles. The van der Waals surface area contributed by atoms with Crippen molar-refractivity contribution in [2.24, 2.45) is 5.41 Å². The van der Waals surface area contributed by atoms with E-state index in [0.717, 1.165) is 17.1 Å². The Hall–Kier alpha value is -2.19. The smallest absolute Gasteiger partial charge is 0.231 e. The molecule has 1 aromatic carbocycles. The highest BCUT2D eigenvalue weighted by Gasteiger charge is 2.52. The van der Waals surface area contributed by atoms with Gasteiger partial charge in [-0.15, -0.1) is 0 Å². The minimum absolute atomic E-state index is 0.0859. The molecule has 3 aliphatic rings. The SMILES string of the molecule is Cc1ncn(-c2ccc(NC(=O)C34CCN(CC3)S(=O)(=O)C4)cc2)c1C. The lowest BCUT2D eigenvalue weighted by Crippen LogP contribution is -2.58. The molecule has 4 heterocycles. The Morgan fingerprint density at radius 2 is 1.81 bits per heavy atom. The first-order chi connectivity index (χ1) is 12.3. The molecule has 0 saturated carbocycles. The largest absolute Gasteiger partial charge is 0.326 e. The van der Waals surface area contributed by atoms with Gasteiger partial charge < -0.3 is 9.88 Å². The van der Waals surface area contributed by atoms with Crippen molar-refractivity contribution in [3.05, 3.63) is 42.0 Å². The van der Waals surface area contributed by atoms with Crippen LogP contribution in [0.3, 0.4) is 0 Å². The van der Waals surface area contributed by atoms with E-state index in [9.17, 15) is 13.2 Å². The Morgan fingerprint density at radius 1 is 1.15 bits per heavy atom. The lowest BCUT2D eigenvalue weighted by Gasteiger charge is -2.46. The fourth-order valence-corrected chi connectivity index (χ4v) is 5.84. The monoisotopic (exact) mass is 374 g/mol. The van der Waals surface area contributed by atoms with Crippen LogP contribution in [0.25, 0.3) is 5.69 Å². The van der Waals surface area contributed by atoms with Gasteiger partial charge in [-0.1, -0.05) is 0 Å². The predicted molar refractivity (Wildman–Crippen MR) is 98.7 cm³/mol. The van der Waals surface area contributed by atoms with Gasteiger partial charge >= 0.3 is 0 Å². The number of aromatic nitrogens is 2. The number of piperidine rings is 1. The second-order valence-corrected chi connectivity index (χ2v) is 9.19. The van der Waals surface area contributed by atoms with Crippen molar-refractivity contribution in [1.29, 1.82) is 0 Å². The van der Waals surface area contributed by atoms with Gasteiger partial charge in [0.15, 0.2) is 0 Å². The number of benzene rings is 1. The lowest BCUT2D eigenvalue weighted by molar-refractivity contribution is -0.127. The fraction of sp³-hybridized carbons (Fsp3) is 0.444. The van der Waals surface area contributed by atoms with Crippen LogP contribution in [0.5, 0.6) is 0 Å². The summed E-state index contributed by atoms with van der Waals surface area (Å²) in [6.45, 7) is 4.85. The topological polar surface area (TPSA) is 84.3 Å². The minimum atomic E-state index is -3.30. The molecule has 0 radical (unpaired) electrons. The number of nitrogens with zero attached hydrogens (tertiary/aromatic N) is 3. The molecule has 0 atom stereocenters. The van der Waals surface area contributed by atoms with Gasteiger partial charge in [-0.05, 0) is 51.0 Å². The van der Waals surface area contributed by atoms with Crippen LogP contribution in [0.15, 0.2) is 30.6 Å². The number of imidazole rings is 1. The molecule has 1 N–H and O–H groups in total. The molecule has 26 heavy (non-hydrogen) atoms. The first kappa shape index (κ1) is 17.2. The predicted octanol–water partition coefficient (Wildman–Crippen LogP) is 1.85. The van der Waals surface area contributed by atoms with Crippen LogP contribution in [0.1, 0.15) is 24.2 Å².